The quantitative estimate of drug-likeness (QED) is 0.0715. The Labute approximate surface area is 383 Å². The summed E-state index contributed by atoms with van der Waals surface area (Å²) in [5.41, 5.74) is 14.2. The number of aromatic nitrogens is 3. The molecule has 0 N–H and O–H groups in total. The Morgan fingerprint density at radius 1 is 0.476 bits per heavy atom. The van der Waals surface area contributed by atoms with Crippen molar-refractivity contribution in [1.82, 2.24) is 14.5 Å². The van der Waals surface area contributed by atoms with Gasteiger partial charge in [0, 0.05) is 54.8 Å². The molecule has 0 unspecified atom stereocenters. The molecule has 5 aromatic carbocycles. The van der Waals surface area contributed by atoms with Crippen LogP contribution in [0.25, 0.3) is 86.0 Å². The largest absolute Gasteiger partial charge is 0.340 e. The highest BCUT2D eigenvalue weighted by atomic mass is 32.1. The molecule has 0 fully saturated rings. The summed E-state index contributed by atoms with van der Waals surface area (Å²) in [5.74, 6) is 0. The number of hydrogen-bond acceptors (Lipinski definition) is 4. The van der Waals surface area contributed by atoms with Gasteiger partial charge in [-0.3, -0.25) is 0 Å². The van der Waals surface area contributed by atoms with E-state index in [-0.39, 0.29) is 0 Å². The average molecular weight is 868 g/mol. The molecule has 0 aliphatic rings. The van der Waals surface area contributed by atoms with Crippen LogP contribution in [0.15, 0.2) is 97.1 Å². The zero-order valence-electron chi connectivity index (χ0n) is 38.4. The van der Waals surface area contributed by atoms with Crippen molar-refractivity contribution in [2.24, 2.45) is 0 Å². The number of hydrogen-bond donors (Lipinski definition) is 0. The van der Waals surface area contributed by atoms with Crippen molar-refractivity contribution in [3.05, 3.63) is 119 Å². The van der Waals surface area contributed by atoms with Crippen molar-refractivity contribution >= 4 is 75.7 Å². The summed E-state index contributed by atoms with van der Waals surface area (Å²) in [4.78, 5) is 14.1. The van der Waals surface area contributed by atoms with Crippen molar-refractivity contribution in [3.8, 4) is 33.0 Å². The highest BCUT2D eigenvalue weighted by molar-refractivity contribution is 7.29. The van der Waals surface area contributed by atoms with E-state index in [9.17, 15) is 0 Å². The van der Waals surface area contributed by atoms with Crippen molar-refractivity contribution in [1.29, 1.82) is 0 Å². The summed E-state index contributed by atoms with van der Waals surface area (Å²) >= 11 is 3.97. The molecule has 324 valence electrons. The normalized spacial score (nSPS) is 12.0. The zero-order valence-corrected chi connectivity index (χ0v) is 40.0. The van der Waals surface area contributed by atoms with Crippen LogP contribution in [-0.2, 0) is 19.4 Å². The Morgan fingerprint density at radius 3 is 1.81 bits per heavy atom. The molecule has 0 saturated heterocycles. The molecule has 4 aromatic heterocycles. The SMILES string of the molecule is CCCCCCCCc1c(CCCCCCCC)c2cc(-c3ccc(C)c4nc(-c5ccc6c7ccccc7n(CCCC)c6c5)c(-c5ccccc5)nc34)sc2c2sc(C)cc12. The van der Waals surface area contributed by atoms with Gasteiger partial charge in [0.25, 0.3) is 0 Å². The van der Waals surface area contributed by atoms with Gasteiger partial charge in [0.05, 0.1) is 31.8 Å². The number of nitrogens with zero attached hydrogens (tertiary/aromatic N) is 3. The fourth-order valence-corrected chi connectivity index (χ4v) is 12.5. The van der Waals surface area contributed by atoms with Crippen molar-refractivity contribution < 1.29 is 0 Å². The van der Waals surface area contributed by atoms with E-state index < -0.39 is 0 Å². The zero-order chi connectivity index (χ0) is 43.3. The van der Waals surface area contributed by atoms with Gasteiger partial charge >= 0.3 is 0 Å². The number of rotatable bonds is 20. The van der Waals surface area contributed by atoms with Crippen LogP contribution < -0.4 is 0 Å². The van der Waals surface area contributed by atoms with Gasteiger partial charge in [-0.15, -0.1) is 22.7 Å². The first-order valence-corrected chi connectivity index (χ1v) is 26.0. The van der Waals surface area contributed by atoms with Gasteiger partial charge in [-0.1, -0.05) is 164 Å². The molecule has 0 aliphatic carbocycles. The number of benzene rings is 5. The van der Waals surface area contributed by atoms with E-state index in [1.54, 1.807) is 11.1 Å². The Morgan fingerprint density at radius 2 is 1.08 bits per heavy atom. The van der Waals surface area contributed by atoms with Gasteiger partial charge < -0.3 is 4.57 Å². The molecule has 4 heterocycles. The number of unbranched alkanes of at least 4 members (excludes halogenated alkanes) is 11. The molecule has 0 amide bonds. The molecule has 9 rings (SSSR count). The second-order valence-corrected chi connectivity index (χ2v) is 20.4. The lowest BCUT2D eigenvalue weighted by Gasteiger charge is -2.15. The van der Waals surface area contributed by atoms with Gasteiger partial charge in [-0.25, -0.2) is 9.97 Å². The predicted molar refractivity (Wildman–Crippen MR) is 278 cm³/mol. The van der Waals surface area contributed by atoms with E-state index in [0.29, 0.717) is 0 Å². The van der Waals surface area contributed by atoms with Crippen LogP contribution in [-0.4, -0.2) is 14.5 Å². The molecule has 0 saturated carbocycles. The summed E-state index contributed by atoms with van der Waals surface area (Å²) in [7, 11) is 0. The third kappa shape index (κ3) is 8.85. The molecule has 0 aliphatic heterocycles. The number of aryl methyl sites for hydroxylation is 5. The number of fused-ring (bicyclic) bond motifs is 7. The molecular formula is C58H65N3S2. The van der Waals surface area contributed by atoms with Crippen LogP contribution in [0.5, 0.6) is 0 Å². The van der Waals surface area contributed by atoms with E-state index in [2.05, 4.69) is 136 Å². The van der Waals surface area contributed by atoms with Gasteiger partial charge in [-0.2, -0.15) is 0 Å². The lowest BCUT2D eigenvalue weighted by molar-refractivity contribution is 0.600. The molecule has 63 heavy (non-hydrogen) atoms. The maximum atomic E-state index is 5.73. The fraction of sp³-hybridized carbons (Fsp3) is 0.379. The summed E-state index contributed by atoms with van der Waals surface area (Å²) < 4.78 is 5.46. The first-order valence-electron chi connectivity index (χ1n) is 24.3. The van der Waals surface area contributed by atoms with Crippen LogP contribution in [0.4, 0.5) is 0 Å². The Kier molecular flexibility index (Phi) is 13.7. The number of para-hydroxylation sites is 1. The van der Waals surface area contributed by atoms with Crippen molar-refractivity contribution in [3.63, 3.8) is 0 Å². The second-order valence-electron chi connectivity index (χ2n) is 18.1. The predicted octanol–water partition coefficient (Wildman–Crippen LogP) is 18.4. The third-order valence-corrected chi connectivity index (χ3v) is 15.9. The van der Waals surface area contributed by atoms with Gasteiger partial charge in [0.15, 0.2) is 0 Å². The highest BCUT2D eigenvalue weighted by Gasteiger charge is 2.23. The van der Waals surface area contributed by atoms with Crippen molar-refractivity contribution in [2.45, 2.75) is 144 Å². The molecule has 0 bridgehead atoms. The van der Waals surface area contributed by atoms with Crippen molar-refractivity contribution in [2.75, 3.05) is 0 Å². The summed E-state index contributed by atoms with van der Waals surface area (Å²) in [6.07, 6.45) is 20.5. The molecular weight excluding hydrogens is 803 g/mol. The minimum absolute atomic E-state index is 0.938. The summed E-state index contributed by atoms with van der Waals surface area (Å²) in [5, 5.41) is 5.60. The molecule has 3 nitrogen and oxygen atoms in total. The summed E-state index contributed by atoms with van der Waals surface area (Å²) in [6.45, 7) is 12.4. The molecule has 0 spiro atoms. The smallest absolute Gasteiger partial charge is 0.0984 e. The van der Waals surface area contributed by atoms with Gasteiger partial charge in [-0.05, 0) is 97.7 Å². The van der Waals surface area contributed by atoms with E-state index in [0.717, 1.165) is 64.9 Å². The highest BCUT2D eigenvalue weighted by Crippen LogP contribution is 2.47. The topological polar surface area (TPSA) is 30.7 Å². The monoisotopic (exact) mass is 867 g/mol. The van der Waals surface area contributed by atoms with Gasteiger partial charge in [0.1, 0.15) is 0 Å². The Bertz CT molecular complexity index is 3000. The average Bonchev–Trinajstić information content (AvgIpc) is 4.02. The lowest BCUT2D eigenvalue weighted by Crippen LogP contribution is -2.00. The van der Waals surface area contributed by atoms with Crippen LogP contribution in [0, 0.1) is 13.8 Å². The first-order chi connectivity index (χ1) is 31.0. The van der Waals surface area contributed by atoms with E-state index >= 15 is 0 Å². The van der Waals surface area contributed by atoms with Crippen LogP contribution in [0.2, 0.25) is 0 Å². The lowest BCUT2D eigenvalue weighted by atomic mass is 9.91. The molecule has 0 radical (unpaired) electrons. The Balaban J connectivity index is 1.20. The van der Waals surface area contributed by atoms with Crippen LogP contribution >= 0.6 is 22.7 Å². The minimum Gasteiger partial charge on any atom is -0.340 e. The maximum absolute atomic E-state index is 5.73. The fourth-order valence-electron chi connectivity index (χ4n) is 10.1. The number of thiophene rings is 2. The summed E-state index contributed by atoms with van der Waals surface area (Å²) in [6, 6.07) is 36.2. The molecule has 0 atom stereocenters. The Hall–Kier alpha value is -4.84. The van der Waals surface area contributed by atoms with E-state index in [1.807, 2.05) is 22.7 Å². The minimum atomic E-state index is 0.938. The maximum Gasteiger partial charge on any atom is 0.0984 e. The van der Waals surface area contributed by atoms with E-state index in [4.69, 9.17) is 9.97 Å². The standard InChI is InChI=1S/C58H65N3S2/c1-6-9-12-14-16-21-27-43-44(28-22-17-15-13-10-7-2)49-38-52(63-58(49)57-48(43)36-40(5)62-57)47-33-31-39(4)53-56(47)60-54(41-25-19-18-20-26-41)55(59-53)42-32-34-46-45-29-23-24-30-50(45)61(35-11-8-3)51(46)37-42/h18-20,23-26,29-34,36-38H,6-17,21-22,27-28,35H2,1-5H3. The van der Waals surface area contributed by atoms with Crippen LogP contribution in [0.3, 0.4) is 0 Å². The first kappa shape index (κ1) is 43.4. The third-order valence-electron chi connectivity index (χ3n) is 13.5. The second kappa shape index (κ2) is 19.9. The molecule has 5 heteroatoms. The van der Waals surface area contributed by atoms with Gasteiger partial charge in [0.2, 0.25) is 0 Å². The van der Waals surface area contributed by atoms with Crippen LogP contribution in [0.1, 0.15) is 132 Å². The van der Waals surface area contributed by atoms with E-state index in [1.165, 1.54) is 141 Å². The molecule has 9 aromatic rings.